The number of rotatable bonds is 8. The summed E-state index contributed by atoms with van der Waals surface area (Å²) in [7, 11) is 2.03. The Balaban J connectivity index is 2.39. The van der Waals surface area contributed by atoms with Crippen LogP contribution in [0.15, 0.2) is 30.3 Å². The lowest BCUT2D eigenvalue weighted by atomic mass is 10.1. The molecule has 0 aliphatic heterocycles. The average molecular weight is 341 g/mol. The van der Waals surface area contributed by atoms with Crippen LogP contribution in [0.3, 0.4) is 0 Å². The van der Waals surface area contributed by atoms with E-state index in [2.05, 4.69) is 74.4 Å². The molecule has 0 N–H and O–H groups in total. The summed E-state index contributed by atoms with van der Waals surface area (Å²) in [5.41, 5.74) is 5.61. The molecule has 0 atom stereocenters. The Morgan fingerprint density at radius 1 is 1.12 bits per heavy atom. The molecule has 0 fully saturated rings. The fraction of sp³-hybridized carbons (Fsp3) is 0.500. The van der Waals surface area contributed by atoms with Crippen LogP contribution in [0.4, 0.5) is 0 Å². The second kappa shape index (κ2) is 8.48. The Morgan fingerprint density at radius 2 is 1.76 bits per heavy atom. The number of Topliss-reactive ketones (excluding diaryl/α,β-unsaturated/α-hetero) is 1. The number of aromatic nitrogens is 1. The maximum absolute atomic E-state index is 12.9. The largest absolute Gasteiger partial charge is 0.317 e. The zero-order valence-corrected chi connectivity index (χ0v) is 16.6. The third-order valence-corrected chi connectivity index (χ3v) is 4.56. The van der Waals surface area contributed by atoms with Crippen molar-refractivity contribution < 1.29 is 4.79 Å². The molecule has 3 heteroatoms. The van der Waals surface area contributed by atoms with Crippen LogP contribution in [0, 0.1) is 12.8 Å². The van der Waals surface area contributed by atoms with Crippen molar-refractivity contribution in [1.29, 1.82) is 0 Å². The number of hydrogen-bond acceptors (Lipinski definition) is 2. The van der Waals surface area contributed by atoms with E-state index in [1.54, 1.807) is 0 Å². The van der Waals surface area contributed by atoms with Crippen molar-refractivity contribution in [3.05, 3.63) is 52.8 Å². The smallest absolute Gasteiger partial charge is 0.178 e. The molecule has 2 aromatic rings. The highest BCUT2D eigenvalue weighted by Crippen LogP contribution is 2.24. The monoisotopic (exact) mass is 340 g/mol. The molecule has 0 aliphatic carbocycles. The van der Waals surface area contributed by atoms with Gasteiger partial charge in [-0.1, -0.05) is 45.4 Å². The molecule has 0 amide bonds. The van der Waals surface area contributed by atoms with Gasteiger partial charge in [0, 0.05) is 29.2 Å². The second-order valence-corrected chi connectivity index (χ2v) is 7.39. The Labute approximate surface area is 152 Å². The Kier molecular flexibility index (Phi) is 6.60. The third kappa shape index (κ3) is 4.60. The molecular formula is C22H32N2O. The molecule has 2 rings (SSSR count). The number of hydrogen-bond donors (Lipinski definition) is 0. The van der Waals surface area contributed by atoms with Gasteiger partial charge in [-0.25, -0.2) is 0 Å². The van der Waals surface area contributed by atoms with Gasteiger partial charge in [0.15, 0.2) is 5.78 Å². The van der Waals surface area contributed by atoms with Crippen LogP contribution in [0.25, 0.3) is 5.69 Å². The van der Waals surface area contributed by atoms with E-state index in [-0.39, 0.29) is 5.78 Å². The summed E-state index contributed by atoms with van der Waals surface area (Å²) in [6.45, 7) is 12.2. The SMILES string of the molecule is CCc1cc(C(=O)CN(C)CC(C)C)c(CC)n1-c1ccc(C)cc1. The summed E-state index contributed by atoms with van der Waals surface area (Å²) >= 11 is 0. The van der Waals surface area contributed by atoms with Crippen LogP contribution >= 0.6 is 0 Å². The topological polar surface area (TPSA) is 25.2 Å². The van der Waals surface area contributed by atoms with Crippen LogP contribution in [0.5, 0.6) is 0 Å². The predicted molar refractivity (Wildman–Crippen MR) is 106 cm³/mol. The number of benzene rings is 1. The Morgan fingerprint density at radius 3 is 2.28 bits per heavy atom. The molecule has 136 valence electrons. The van der Waals surface area contributed by atoms with Crippen molar-refractivity contribution in [2.75, 3.05) is 20.1 Å². The van der Waals surface area contributed by atoms with Crippen LogP contribution < -0.4 is 0 Å². The number of nitrogens with zero attached hydrogens (tertiary/aromatic N) is 2. The molecular weight excluding hydrogens is 308 g/mol. The Hall–Kier alpha value is -1.87. The molecule has 1 aromatic heterocycles. The standard InChI is InChI=1S/C22H32N2O/c1-7-18-13-20(22(25)15-23(6)14-16(3)4)21(8-2)24(18)19-11-9-17(5)10-12-19/h9-13,16H,7-8,14-15H2,1-6H3. The third-order valence-electron chi connectivity index (χ3n) is 4.56. The average Bonchev–Trinajstić information content (AvgIpc) is 2.93. The van der Waals surface area contributed by atoms with Gasteiger partial charge >= 0.3 is 0 Å². The number of aryl methyl sites for hydroxylation is 2. The lowest BCUT2D eigenvalue weighted by Gasteiger charge is -2.18. The quantitative estimate of drug-likeness (QED) is 0.652. The number of ketones is 1. The van der Waals surface area contributed by atoms with E-state index in [0.717, 1.165) is 36.3 Å². The first-order chi connectivity index (χ1) is 11.9. The van der Waals surface area contributed by atoms with E-state index >= 15 is 0 Å². The van der Waals surface area contributed by atoms with E-state index < -0.39 is 0 Å². The van der Waals surface area contributed by atoms with Crippen molar-refractivity contribution in [3.8, 4) is 5.69 Å². The molecule has 0 bridgehead atoms. The zero-order chi connectivity index (χ0) is 18.6. The van der Waals surface area contributed by atoms with Crippen LogP contribution in [-0.4, -0.2) is 35.4 Å². The van der Waals surface area contributed by atoms with Gasteiger partial charge < -0.3 is 4.57 Å². The summed E-state index contributed by atoms with van der Waals surface area (Å²) in [6, 6.07) is 10.7. The molecule has 0 spiro atoms. The summed E-state index contributed by atoms with van der Waals surface area (Å²) in [4.78, 5) is 15.1. The number of likely N-dealkylation sites (N-methyl/N-ethyl adjacent to an activating group) is 1. The fourth-order valence-corrected chi connectivity index (χ4v) is 3.49. The van der Waals surface area contributed by atoms with Gasteiger partial charge in [-0.2, -0.15) is 0 Å². The molecule has 3 nitrogen and oxygen atoms in total. The molecule has 0 saturated heterocycles. The van der Waals surface area contributed by atoms with E-state index in [1.165, 1.54) is 11.3 Å². The van der Waals surface area contributed by atoms with Crippen molar-refractivity contribution in [1.82, 2.24) is 9.47 Å². The van der Waals surface area contributed by atoms with Gasteiger partial charge in [-0.15, -0.1) is 0 Å². The van der Waals surface area contributed by atoms with Crippen molar-refractivity contribution in [2.45, 2.75) is 47.5 Å². The van der Waals surface area contributed by atoms with E-state index in [9.17, 15) is 4.79 Å². The minimum absolute atomic E-state index is 0.223. The second-order valence-electron chi connectivity index (χ2n) is 7.39. The molecule has 0 unspecified atom stereocenters. The number of carbonyl (C=O) groups excluding carboxylic acids is 1. The van der Waals surface area contributed by atoms with Crippen molar-refractivity contribution >= 4 is 5.78 Å². The normalized spacial score (nSPS) is 11.5. The first-order valence-corrected chi connectivity index (χ1v) is 9.39. The summed E-state index contributed by atoms with van der Waals surface area (Å²) in [5, 5.41) is 0. The highest BCUT2D eigenvalue weighted by Gasteiger charge is 2.20. The molecule has 0 radical (unpaired) electrons. The van der Waals surface area contributed by atoms with Crippen LogP contribution in [-0.2, 0) is 12.8 Å². The summed E-state index contributed by atoms with van der Waals surface area (Å²) in [6.07, 6.45) is 1.76. The van der Waals surface area contributed by atoms with Gasteiger partial charge in [0.2, 0.25) is 0 Å². The molecule has 1 heterocycles. The zero-order valence-electron chi connectivity index (χ0n) is 16.6. The molecule has 0 saturated carbocycles. The highest BCUT2D eigenvalue weighted by molar-refractivity contribution is 5.99. The molecule has 1 aromatic carbocycles. The minimum atomic E-state index is 0.223. The van der Waals surface area contributed by atoms with Crippen LogP contribution in [0.2, 0.25) is 0 Å². The van der Waals surface area contributed by atoms with Gasteiger partial charge in [0.05, 0.1) is 6.54 Å². The van der Waals surface area contributed by atoms with Crippen molar-refractivity contribution in [2.24, 2.45) is 5.92 Å². The van der Waals surface area contributed by atoms with E-state index in [1.807, 2.05) is 7.05 Å². The van der Waals surface area contributed by atoms with Crippen LogP contribution in [0.1, 0.15) is 55.0 Å². The summed E-state index contributed by atoms with van der Waals surface area (Å²) < 4.78 is 2.27. The highest BCUT2D eigenvalue weighted by atomic mass is 16.1. The van der Waals surface area contributed by atoms with Gasteiger partial charge in [0.1, 0.15) is 0 Å². The molecule has 25 heavy (non-hydrogen) atoms. The lowest BCUT2D eigenvalue weighted by molar-refractivity contribution is 0.0940. The van der Waals surface area contributed by atoms with Gasteiger partial charge in [-0.05, 0) is 50.9 Å². The molecule has 0 aliphatic rings. The predicted octanol–water partition coefficient (Wildman–Crippen LogP) is 4.68. The number of carbonyl (C=O) groups is 1. The fourth-order valence-electron chi connectivity index (χ4n) is 3.49. The first-order valence-electron chi connectivity index (χ1n) is 9.39. The first kappa shape index (κ1) is 19.5. The maximum atomic E-state index is 12.9. The Bertz CT molecular complexity index is 710. The van der Waals surface area contributed by atoms with Gasteiger partial charge in [-0.3, -0.25) is 9.69 Å². The van der Waals surface area contributed by atoms with Gasteiger partial charge in [0.25, 0.3) is 0 Å². The van der Waals surface area contributed by atoms with Crippen molar-refractivity contribution in [3.63, 3.8) is 0 Å². The lowest BCUT2D eigenvalue weighted by Crippen LogP contribution is -2.29. The van der Waals surface area contributed by atoms with E-state index in [0.29, 0.717) is 12.5 Å². The van der Waals surface area contributed by atoms with E-state index in [4.69, 9.17) is 0 Å². The maximum Gasteiger partial charge on any atom is 0.178 e. The summed E-state index contributed by atoms with van der Waals surface area (Å²) in [5.74, 6) is 0.785. The minimum Gasteiger partial charge on any atom is -0.317 e.